The standard InChI is InChI=1S/C18H23N3O2S.ClH/c1-12(11-19)17(22)20-7-9-21(10-8-20)18(23)16-13(2)14-5-3-4-6-15(14)24-16;/h3-6,12H,7-11,19H2,1-2H3;1H. The number of carbonyl (C=O) groups is 2. The first-order valence-electron chi connectivity index (χ1n) is 8.29. The summed E-state index contributed by atoms with van der Waals surface area (Å²) in [7, 11) is 0. The molecule has 3 rings (SSSR count). The van der Waals surface area contributed by atoms with Crippen LogP contribution in [0.15, 0.2) is 24.3 Å². The van der Waals surface area contributed by atoms with Gasteiger partial charge in [-0.1, -0.05) is 25.1 Å². The van der Waals surface area contributed by atoms with Crippen molar-refractivity contribution in [1.29, 1.82) is 0 Å². The van der Waals surface area contributed by atoms with E-state index in [2.05, 4.69) is 12.1 Å². The molecule has 2 N–H and O–H groups in total. The van der Waals surface area contributed by atoms with E-state index in [9.17, 15) is 9.59 Å². The molecule has 1 atom stereocenters. The number of halogens is 1. The van der Waals surface area contributed by atoms with Gasteiger partial charge in [-0.25, -0.2) is 0 Å². The van der Waals surface area contributed by atoms with Crippen molar-refractivity contribution in [2.24, 2.45) is 11.7 Å². The molecule has 2 aromatic rings. The molecule has 1 aliphatic heterocycles. The van der Waals surface area contributed by atoms with Gasteiger partial charge in [0.2, 0.25) is 5.91 Å². The summed E-state index contributed by atoms with van der Waals surface area (Å²) in [5, 5.41) is 1.15. The average molecular weight is 382 g/mol. The second-order valence-corrected chi connectivity index (χ2v) is 7.36. The van der Waals surface area contributed by atoms with Crippen molar-refractivity contribution in [3.63, 3.8) is 0 Å². The number of piperazine rings is 1. The summed E-state index contributed by atoms with van der Waals surface area (Å²) >= 11 is 1.55. The van der Waals surface area contributed by atoms with E-state index >= 15 is 0 Å². The molecule has 136 valence electrons. The molecule has 2 amide bonds. The zero-order chi connectivity index (χ0) is 17.3. The number of carbonyl (C=O) groups excluding carboxylic acids is 2. The molecule has 0 spiro atoms. The SMILES string of the molecule is Cc1c(C(=O)N2CCN(C(=O)C(C)CN)CC2)sc2ccccc12.Cl. The minimum Gasteiger partial charge on any atom is -0.339 e. The van der Waals surface area contributed by atoms with Crippen LogP contribution >= 0.6 is 23.7 Å². The van der Waals surface area contributed by atoms with E-state index < -0.39 is 0 Å². The molecule has 1 unspecified atom stereocenters. The number of thiophene rings is 1. The number of nitrogens with zero attached hydrogens (tertiary/aromatic N) is 2. The second kappa shape index (κ2) is 8.17. The molecule has 5 nitrogen and oxygen atoms in total. The first-order valence-corrected chi connectivity index (χ1v) is 9.10. The van der Waals surface area contributed by atoms with Gasteiger partial charge in [0.15, 0.2) is 0 Å². The number of rotatable bonds is 3. The number of aryl methyl sites for hydroxylation is 1. The summed E-state index contributed by atoms with van der Waals surface area (Å²) in [6.07, 6.45) is 0. The van der Waals surface area contributed by atoms with Crippen LogP contribution in [0.4, 0.5) is 0 Å². The molecule has 0 saturated carbocycles. The fraction of sp³-hybridized carbons (Fsp3) is 0.444. The molecule has 1 aromatic carbocycles. The Labute approximate surface area is 158 Å². The van der Waals surface area contributed by atoms with E-state index in [0.29, 0.717) is 32.7 Å². The van der Waals surface area contributed by atoms with Crippen LogP contribution in [0.2, 0.25) is 0 Å². The summed E-state index contributed by atoms with van der Waals surface area (Å²) in [6.45, 7) is 6.54. The van der Waals surface area contributed by atoms with Crippen LogP contribution in [0.3, 0.4) is 0 Å². The molecule has 1 aliphatic rings. The van der Waals surface area contributed by atoms with Crippen molar-refractivity contribution in [1.82, 2.24) is 9.80 Å². The summed E-state index contributed by atoms with van der Waals surface area (Å²) in [4.78, 5) is 29.5. The highest BCUT2D eigenvalue weighted by molar-refractivity contribution is 7.21. The van der Waals surface area contributed by atoms with Gasteiger partial charge in [-0.15, -0.1) is 23.7 Å². The third-order valence-corrected chi connectivity index (χ3v) is 5.95. The molecule has 0 aliphatic carbocycles. The predicted molar refractivity (Wildman–Crippen MR) is 105 cm³/mol. The monoisotopic (exact) mass is 381 g/mol. The van der Waals surface area contributed by atoms with Crippen LogP contribution < -0.4 is 5.73 Å². The van der Waals surface area contributed by atoms with E-state index in [-0.39, 0.29) is 30.1 Å². The Morgan fingerprint density at radius 2 is 1.76 bits per heavy atom. The zero-order valence-corrected chi connectivity index (χ0v) is 16.2. The van der Waals surface area contributed by atoms with Gasteiger partial charge in [0.25, 0.3) is 5.91 Å². The number of benzene rings is 1. The zero-order valence-electron chi connectivity index (χ0n) is 14.5. The normalized spacial score (nSPS) is 15.8. The highest BCUT2D eigenvalue weighted by atomic mass is 35.5. The molecule has 1 aromatic heterocycles. The third kappa shape index (κ3) is 3.81. The Morgan fingerprint density at radius 1 is 1.16 bits per heavy atom. The van der Waals surface area contributed by atoms with Gasteiger partial charge in [0, 0.05) is 43.3 Å². The Morgan fingerprint density at radius 3 is 2.36 bits per heavy atom. The van der Waals surface area contributed by atoms with Crippen molar-refractivity contribution in [3.8, 4) is 0 Å². The van der Waals surface area contributed by atoms with E-state index in [4.69, 9.17) is 5.73 Å². The van der Waals surface area contributed by atoms with Crippen LogP contribution in [-0.4, -0.2) is 54.3 Å². The van der Waals surface area contributed by atoms with E-state index in [1.54, 1.807) is 11.3 Å². The number of hydrogen-bond donors (Lipinski definition) is 1. The average Bonchev–Trinajstić information content (AvgIpc) is 2.97. The van der Waals surface area contributed by atoms with Crippen LogP contribution in [0.25, 0.3) is 10.1 Å². The van der Waals surface area contributed by atoms with E-state index in [1.165, 1.54) is 0 Å². The molecule has 1 fully saturated rings. The van der Waals surface area contributed by atoms with Crippen LogP contribution in [0.1, 0.15) is 22.2 Å². The Bertz CT molecular complexity index is 769. The second-order valence-electron chi connectivity index (χ2n) is 6.31. The lowest BCUT2D eigenvalue weighted by molar-refractivity contribution is -0.136. The Kier molecular flexibility index (Phi) is 6.43. The maximum absolute atomic E-state index is 12.9. The van der Waals surface area contributed by atoms with Crippen molar-refractivity contribution >= 4 is 45.6 Å². The Hall–Kier alpha value is -1.63. The summed E-state index contributed by atoms with van der Waals surface area (Å²) < 4.78 is 1.14. The molecule has 25 heavy (non-hydrogen) atoms. The number of fused-ring (bicyclic) bond motifs is 1. The fourth-order valence-electron chi connectivity index (χ4n) is 3.06. The maximum atomic E-state index is 12.9. The largest absolute Gasteiger partial charge is 0.339 e. The van der Waals surface area contributed by atoms with Crippen LogP contribution in [0, 0.1) is 12.8 Å². The Balaban J connectivity index is 0.00000225. The fourth-order valence-corrected chi connectivity index (χ4v) is 4.24. The van der Waals surface area contributed by atoms with Crippen LogP contribution in [-0.2, 0) is 4.79 Å². The highest BCUT2D eigenvalue weighted by Gasteiger charge is 2.28. The minimum atomic E-state index is -0.155. The molecular formula is C18H24ClN3O2S. The number of hydrogen-bond acceptors (Lipinski definition) is 4. The lowest BCUT2D eigenvalue weighted by Gasteiger charge is -2.35. The van der Waals surface area contributed by atoms with Crippen LogP contribution in [0.5, 0.6) is 0 Å². The highest BCUT2D eigenvalue weighted by Crippen LogP contribution is 2.31. The number of amides is 2. The molecule has 1 saturated heterocycles. The number of nitrogens with two attached hydrogens (primary N) is 1. The van der Waals surface area contributed by atoms with Gasteiger partial charge in [0.05, 0.1) is 4.88 Å². The van der Waals surface area contributed by atoms with Crippen molar-refractivity contribution in [2.75, 3.05) is 32.7 Å². The third-order valence-electron chi connectivity index (χ3n) is 4.69. The van der Waals surface area contributed by atoms with Crippen molar-refractivity contribution in [2.45, 2.75) is 13.8 Å². The maximum Gasteiger partial charge on any atom is 0.264 e. The first kappa shape index (κ1) is 19.7. The smallest absolute Gasteiger partial charge is 0.264 e. The van der Waals surface area contributed by atoms with Crippen molar-refractivity contribution in [3.05, 3.63) is 34.7 Å². The summed E-state index contributed by atoms with van der Waals surface area (Å²) in [6, 6.07) is 8.10. The van der Waals surface area contributed by atoms with Gasteiger partial charge in [-0.2, -0.15) is 0 Å². The lowest BCUT2D eigenvalue weighted by Crippen LogP contribution is -2.52. The minimum absolute atomic E-state index is 0. The van der Waals surface area contributed by atoms with Gasteiger partial charge < -0.3 is 15.5 Å². The summed E-state index contributed by atoms with van der Waals surface area (Å²) in [5.41, 5.74) is 6.63. The van der Waals surface area contributed by atoms with Gasteiger partial charge in [0.1, 0.15) is 0 Å². The lowest BCUT2D eigenvalue weighted by atomic mass is 10.1. The molecule has 2 heterocycles. The molecule has 0 bridgehead atoms. The molecule has 0 radical (unpaired) electrons. The topological polar surface area (TPSA) is 66.6 Å². The predicted octanol–water partition coefficient (Wildman–Crippen LogP) is 2.51. The van der Waals surface area contributed by atoms with Gasteiger partial charge in [-0.05, 0) is 23.9 Å². The molecular weight excluding hydrogens is 358 g/mol. The van der Waals surface area contributed by atoms with E-state index in [0.717, 1.165) is 20.5 Å². The van der Waals surface area contributed by atoms with Gasteiger partial charge >= 0.3 is 0 Å². The first-order chi connectivity index (χ1) is 11.5. The molecule has 7 heteroatoms. The van der Waals surface area contributed by atoms with E-state index in [1.807, 2.05) is 35.8 Å². The summed E-state index contributed by atoms with van der Waals surface area (Å²) in [5.74, 6) is 0.00686. The van der Waals surface area contributed by atoms with Crippen molar-refractivity contribution < 1.29 is 9.59 Å². The van der Waals surface area contributed by atoms with Gasteiger partial charge in [-0.3, -0.25) is 9.59 Å². The quantitative estimate of drug-likeness (QED) is 0.888.